The van der Waals surface area contributed by atoms with E-state index < -0.39 is 25.0 Å². The second kappa shape index (κ2) is 12.5. The number of ether oxygens (including phenoxy) is 3. The highest BCUT2D eigenvalue weighted by atomic mass is 19.4. The number of hydrogen-bond donors (Lipinski definition) is 1. The van der Waals surface area contributed by atoms with E-state index in [1.807, 2.05) is 35.6 Å². The lowest BCUT2D eigenvalue weighted by Crippen LogP contribution is -2.46. The maximum absolute atomic E-state index is 13.7. The number of nitrogens with zero attached hydrogens (tertiary/aromatic N) is 4. The number of methoxy groups -OCH3 is 1. The second-order valence-corrected chi connectivity index (χ2v) is 10.3. The van der Waals surface area contributed by atoms with Crippen molar-refractivity contribution in [1.82, 2.24) is 25.0 Å². The zero-order valence-electron chi connectivity index (χ0n) is 22.5. The molecule has 13 heteroatoms. The molecule has 39 heavy (non-hydrogen) atoms. The van der Waals surface area contributed by atoms with Gasteiger partial charge in [-0.3, -0.25) is 4.79 Å². The van der Waals surface area contributed by atoms with Crippen LogP contribution in [0.2, 0.25) is 0 Å². The second-order valence-electron chi connectivity index (χ2n) is 10.3. The fourth-order valence-electron chi connectivity index (χ4n) is 4.94. The average Bonchev–Trinajstić information content (AvgIpc) is 3.66. The minimum absolute atomic E-state index is 0.0475. The number of carbonyl (C=O) groups is 2. The third kappa shape index (κ3) is 7.59. The summed E-state index contributed by atoms with van der Waals surface area (Å²) in [6.07, 6.45) is -2.11. The number of aryl methyl sites for hydroxylation is 2. The number of pyridine rings is 1. The number of nitrogens with one attached hydrogen (secondary N) is 1. The van der Waals surface area contributed by atoms with E-state index >= 15 is 0 Å². The van der Waals surface area contributed by atoms with E-state index in [0.717, 1.165) is 29.6 Å². The summed E-state index contributed by atoms with van der Waals surface area (Å²) >= 11 is 0. The number of rotatable bonds is 11. The minimum atomic E-state index is -4.36. The van der Waals surface area contributed by atoms with Crippen molar-refractivity contribution in [2.45, 2.75) is 76.9 Å². The molecule has 2 aliphatic rings. The highest BCUT2D eigenvalue weighted by Crippen LogP contribution is 2.38. The van der Waals surface area contributed by atoms with Gasteiger partial charge >= 0.3 is 12.3 Å². The summed E-state index contributed by atoms with van der Waals surface area (Å²) in [5.41, 5.74) is 2.30. The number of aromatic nitrogens is 3. The Morgan fingerprint density at radius 3 is 2.67 bits per heavy atom. The Morgan fingerprint density at radius 1 is 1.26 bits per heavy atom. The first-order chi connectivity index (χ1) is 18.6. The molecule has 216 valence electrons. The highest BCUT2D eigenvalue weighted by molar-refractivity contribution is 5.84. The Balaban J connectivity index is 1.44. The maximum Gasteiger partial charge on any atom is 0.411 e. The molecular formula is C26H36F3N5O5. The van der Waals surface area contributed by atoms with Gasteiger partial charge in [-0.1, -0.05) is 0 Å². The van der Waals surface area contributed by atoms with Crippen LogP contribution in [-0.2, 0) is 25.5 Å². The molecule has 3 heterocycles. The largest absolute Gasteiger partial charge is 0.453 e. The Kier molecular flexibility index (Phi) is 9.31. The predicted molar refractivity (Wildman–Crippen MR) is 135 cm³/mol. The van der Waals surface area contributed by atoms with Crippen LogP contribution in [0.5, 0.6) is 0 Å². The topological polar surface area (TPSA) is 108 Å². The molecule has 10 nitrogen and oxygen atoms in total. The van der Waals surface area contributed by atoms with Gasteiger partial charge < -0.3 is 24.4 Å². The van der Waals surface area contributed by atoms with Gasteiger partial charge in [0.15, 0.2) is 5.65 Å². The van der Waals surface area contributed by atoms with Gasteiger partial charge in [-0.15, -0.1) is 0 Å². The molecule has 1 saturated carbocycles. The first kappa shape index (κ1) is 29.1. The van der Waals surface area contributed by atoms with E-state index in [9.17, 15) is 22.8 Å². The fourth-order valence-corrected chi connectivity index (χ4v) is 4.94. The van der Waals surface area contributed by atoms with Crippen molar-refractivity contribution in [1.29, 1.82) is 0 Å². The molecule has 0 radical (unpaired) electrons. The molecule has 0 unspecified atom stereocenters. The molecule has 0 aromatic carbocycles. The lowest BCUT2D eigenvalue weighted by Gasteiger charge is -2.35. The molecule has 3 atom stereocenters. The number of amides is 2. The minimum Gasteiger partial charge on any atom is -0.453 e. The van der Waals surface area contributed by atoms with Crippen LogP contribution < -0.4 is 5.32 Å². The van der Waals surface area contributed by atoms with Gasteiger partial charge in [0, 0.05) is 36.1 Å². The lowest BCUT2D eigenvalue weighted by atomic mass is 9.98. The third-order valence-corrected chi connectivity index (χ3v) is 7.04. The SMILES string of the molecule is COC(=O)NCCCn1nc([C@@H](C)N(C(=O)[C@H]2CC[C@@H](COCC(F)(F)F)CO2)C2CC2)c2ccc(C)nc21. The van der Waals surface area contributed by atoms with Crippen LogP contribution in [0, 0.1) is 12.8 Å². The number of alkyl carbamates (subject to hydrolysis) is 1. The van der Waals surface area contributed by atoms with Crippen LogP contribution in [0.1, 0.15) is 56.5 Å². The van der Waals surface area contributed by atoms with Crippen LogP contribution >= 0.6 is 0 Å². The first-order valence-electron chi connectivity index (χ1n) is 13.3. The summed E-state index contributed by atoms with van der Waals surface area (Å²) in [5.74, 6) is -0.296. The summed E-state index contributed by atoms with van der Waals surface area (Å²) in [4.78, 5) is 31.6. The van der Waals surface area contributed by atoms with Gasteiger partial charge in [-0.05, 0) is 58.1 Å². The quantitative estimate of drug-likeness (QED) is 0.419. The van der Waals surface area contributed by atoms with E-state index in [2.05, 4.69) is 15.0 Å². The standard InChI is InChI=1S/C26H36F3N5O5/c1-16-5-9-20-22(32-33(23(20)31-16)12-4-11-30-25(36)37-3)17(2)34(19-7-8-19)24(35)21-10-6-18(14-39-21)13-38-15-26(27,28)29/h5,9,17-19,21H,4,6-8,10-15H2,1-3H3,(H,30,36)/t17-,18+,21-/m1/s1. The van der Waals surface area contributed by atoms with Crippen molar-refractivity contribution in [3.63, 3.8) is 0 Å². The highest BCUT2D eigenvalue weighted by Gasteiger charge is 2.42. The normalized spacial score (nSPS) is 20.6. The van der Waals surface area contributed by atoms with Crippen LogP contribution in [-0.4, -0.2) is 83.5 Å². The van der Waals surface area contributed by atoms with Crippen LogP contribution in [0.25, 0.3) is 11.0 Å². The van der Waals surface area contributed by atoms with E-state index in [1.165, 1.54) is 7.11 Å². The van der Waals surface area contributed by atoms with Crippen LogP contribution in [0.15, 0.2) is 12.1 Å². The van der Waals surface area contributed by atoms with Gasteiger partial charge in [0.1, 0.15) is 12.7 Å². The molecule has 0 spiro atoms. The number of alkyl halides is 3. The predicted octanol–water partition coefficient (Wildman–Crippen LogP) is 3.91. The Labute approximate surface area is 225 Å². The summed E-state index contributed by atoms with van der Waals surface area (Å²) in [7, 11) is 1.31. The van der Waals surface area contributed by atoms with Gasteiger partial charge in [0.25, 0.3) is 5.91 Å². The molecule has 2 aromatic rings. The molecule has 1 aliphatic carbocycles. The fraction of sp³-hybridized carbons (Fsp3) is 0.692. The van der Waals surface area contributed by atoms with E-state index in [4.69, 9.17) is 14.6 Å². The van der Waals surface area contributed by atoms with E-state index in [-0.39, 0.29) is 37.1 Å². The molecule has 1 N–H and O–H groups in total. The van der Waals surface area contributed by atoms with E-state index in [1.54, 1.807) is 0 Å². The van der Waals surface area contributed by atoms with Crippen molar-refractivity contribution in [3.05, 3.63) is 23.5 Å². The monoisotopic (exact) mass is 555 g/mol. The maximum atomic E-state index is 13.7. The molecule has 0 bridgehead atoms. The number of fused-ring (bicyclic) bond motifs is 1. The van der Waals surface area contributed by atoms with Gasteiger partial charge in [0.05, 0.1) is 32.1 Å². The van der Waals surface area contributed by atoms with Gasteiger partial charge in [-0.25, -0.2) is 14.5 Å². The zero-order chi connectivity index (χ0) is 28.2. The molecule has 2 fully saturated rings. The van der Waals surface area contributed by atoms with Crippen molar-refractivity contribution in [3.8, 4) is 0 Å². The number of hydrogen-bond acceptors (Lipinski definition) is 7. The first-order valence-corrected chi connectivity index (χ1v) is 13.3. The smallest absolute Gasteiger partial charge is 0.411 e. The summed E-state index contributed by atoms with van der Waals surface area (Å²) < 4.78 is 54.1. The van der Waals surface area contributed by atoms with Crippen molar-refractivity contribution >= 4 is 23.0 Å². The van der Waals surface area contributed by atoms with Gasteiger partial charge in [-0.2, -0.15) is 18.3 Å². The zero-order valence-corrected chi connectivity index (χ0v) is 22.5. The van der Waals surface area contributed by atoms with Gasteiger partial charge in [0.2, 0.25) is 0 Å². The number of carbonyl (C=O) groups excluding carboxylic acids is 2. The lowest BCUT2D eigenvalue weighted by molar-refractivity contribution is -0.180. The Hall–Kier alpha value is -2.93. The number of halogens is 3. The molecular weight excluding hydrogens is 519 g/mol. The van der Waals surface area contributed by atoms with Crippen molar-refractivity contribution < 1.29 is 37.0 Å². The van der Waals surface area contributed by atoms with Crippen molar-refractivity contribution in [2.75, 3.05) is 33.5 Å². The Morgan fingerprint density at radius 2 is 2.03 bits per heavy atom. The molecule has 4 rings (SSSR count). The summed E-state index contributed by atoms with van der Waals surface area (Å²) in [6.45, 7) is 3.65. The van der Waals surface area contributed by atoms with Crippen LogP contribution in [0.4, 0.5) is 18.0 Å². The summed E-state index contributed by atoms with van der Waals surface area (Å²) in [5, 5.41) is 8.38. The van der Waals surface area contributed by atoms with E-state index in [0.29, 0.717) is 38.0 Å². The van der Waals surface area contributed by atoms with Crippen LogP contribution in [0.3, 0.4) is 0 Å². The third-order valence-electron chi connectivity index (χ3n) is 7.04. The van der Waals surface area contributed by atoms with Crippen molar-refractivity contribution in [2.24, 2.45) is 5.92 Å². The molecule has 2 aromatic heterocycles. The molecule has 1 saturated heterocycles. The molecule has 2 amide bonds. The average molecular weight is 556 g/mol. The molecule has 1 aliphatic heterocycles. The Bertz CT molecular complexity index is 1140. The summed E-state index contributed by atoms with van der Waals surface area (Å²) in [6, 6.07) is 3.64.